The van der Waals surface area contributed by atoms with Crippen molar-refractivity contribution < 1.29 is 27.5 Å². The standard InChI is InChI=1S/C14H39O6PS2Si2/c1-8-23(21(15,16)22,11-9-13(2)24(17-4)18-5)12-10-14(3)25(19-6)20-7/h13-16,22-25H,8-12H2,1-7H3. The third-order valence-electron chi connectivity index (χ3n) is 5.02. The maximum atomic E-state index is 10.5. The van der Waals surface area contributed by atoms with E-state index in [2.05, 4.69) is 33.0 Å². The zero-order chi connectivity index (χ0) is 19.7. The van der Waals surface area contributed by atoms with Gasteiger partial charge in [0.15, 0.2) is 5.69 Å². The summed E-state index contributed by atoms with van der Waals surface area (Å²) >= 11 is 4.28. The Kier molecular flexibility index (Phi) is 13.4. The lowest BCUT2D eigenvalue weighted by atomic mass is 10.4. The van der Waals surface area contributed by atoms with Gasteiger partial charge in [0, 0.05) is 28.4 Å². The highest BCUT2D eigenvalue weighted by Crippen LogP contribution is 2.54. The summed E-state index contributed by atoms with van der Waals surface area (Å²) in [6, 6.07) is 0. The van der Waals surface area contributed by atoms with Crippen molar-refractivity contribution in [2.45, 2.75) is 44.7 Å². The highest BCUT2D eigenvalue weighted by molar-refractivity contribution is 8.70. The maximum Gasteiger partial charge on any atom is 0.323 e. The van der Waals surface area contributed by atoms with E-state index in [4.69, 9.17) is 17.7 Å². The molecular formula is C14H39O6PS2Si2. The van der Waals surface area contributed by atoms with Crippen molar-refractivity contribution in [2.75, 3.05) is 45.7 Å². The van der Waals surface area contributed by atoms with Crippen LogP contribution >= 0.6 is 17.9 Å². The Hall–Kier alpha value is 1.32. The molecule has 0 heterocycles. The Balaban J connectivity index is 5.24. The topological polar surface area (TPSA) is 77.4 Å². The molecular weight excluding hydrogens is 415 g/mol. The number of hydrogen-bond donors (Lipinski definition) is 4. The predicted molar refractivity (Wildman–Crippen MR) is 120 cm³/mol. The van der Waals surface area contributed by atoms with Crippen molar-refractivity contribution in [1.29, 1.82) is 0 Å². The van der Waals surface area contributed by atoms with E-state index < -0.39 is 33.5 Å². The molecule has 2 unspecified atom stereocenters. The van der Waals surface area contributed by atoms with Gasteiger partial charge in [-0.3, -0.25) is 0 Å². The Labute approximate surface area is 163 Å². The van der Waals surface area contributed by atoms with Crippen LogP contribution < -0.4 is 0 Å². The minimum atomic E-state index is -3.19. The van der Waals surface area contributed by atoms with Crippen LogP contribution in [0.4, 0.5) is 0 Å². The van der Waals surface area contributed by atoms with E-state index in [1.165, 1.54) is 0 Å². The maximum absolute atomic E-state index is 10.5. The average molecular weight is 455 g/mol. The predicted octanol–water partition coefficient (Wildman–Crippen LogP) is 2.07. The molecule has 0 amide bonds. The summed E-state index contributed by atoms with van der Waals surface area (Å²) in [6.45, 7) is 6.32. The molecule has 0 aliphatic heterocycles. The summed E-state index contributed by atoms with van der Waals surface area (Å²) in [7, 11) is 1.38. The molecule has 6 nitrogen and oxygen atoms in total. The van der Waals surface area contributed by atoms with Crippen LogP contribution in [0.25, 0.3) is 0 Å². The molecule has 0 fully saturated rings. The molecule has 0 aromatic rings. The van der Waals surface area contributed by atoms with Crippen LogP contribution in [-0.2, 0) is 26.9 Å². The van der Waals surface area contributed by atoms with Gasteiger partial charge in [-0.2, -0.15) is 0 Å². The van der Waals surface area contributed by atoms with Gasteiger partial charge in [-0.1, -0.05) is 33.0 Å². The Morgan fingerprint density at radius 2 is 1.20 bits per heavy atom. The molecule has 156 valence electrons. The fraction of sp³-hybridized carbons (Fsp3) is 1.00. The quantitative estimate of drug-likeness (QED) is 0.194. The molecule has 0 bridgehead atoms. The van der Waals surface area contributed by atoms with Gasteiger partial charge in [-0.25, -0.2) is 9.21 Å². The average Bonchev–Trinajstić information content (AvgIpc) is 2.56. The molecule has 2 N–H and O–H groups in total. The minimum Gasteiger partial charge on any atom is -0.400 e. The molecule has 0 aliphatic rings. The zero-order valence-electron chi connectivity index (χ0n) is 16.7. The lowest BCUT2D eigenvalue weighted by molar-refractivity contribution is 0.266. The van der Waals surface area contributed by atoms with Crippen LogP contribution in [0.5, 0.6) is 0 Å². The second-order valence-corrected chi connectivity index (χ2v) is 23.9. The van der Waals surface area contributed by atoms with Crippen molar-refractivity contribution in [1.82, 2.24) is 0 Å². The Morgan fingerprint density at radius 3 is 1.40 bits per heavy atom. The summed E-state index contributed by atoms with van der Waals surface area (Å²) in [5.74, 6) is 2.41. The second-order valence-electron chi connectivity index (χ2n) is 6.61. The van der Waals surface area contributed by atoms with Crippen molar-refractivity contribution in [3.05, 3.63) is 0 Å². The first kappa shape index (κ1) is 26.3. The highest BCUT2D eigenvalue weighted by Gasteiger charge is 2.28. The first-order chi connectivity index (χ1) is 11.6. The molecule has 0 aromatic carbocycles. The van der Waals surface area contributed by atoms with E-state index in [1.807, 2.05) is 0 Å². The summed E-state index contributed by atoms with van der Waals surface area (Å²) in [6.07, 6.45) is 1.76. The highest BCUT2D eigenvalue weighted by atomic mass is 32.9. The molecule has 11 heteroatoms. The second kappa shape index (κ2) is 12.7. The molecule has 0 aliphatic carbocycles. The van der Waals surface area contributed by atoms with Gasteiger partial charge < -0.3 is 27.5 Å². The van der Waals surface area contributed by atoms with Gasteiger partial charge >= 0.3 is 18.6 Å². The van der Waals surface area contributed by atoms with E-state index in [-0.39, 0.29) is 0 Å². The van der Waals surface area contributed by atoms with E-state index in [0.717, 1.165) is 30.1 Å². The van der Waals surface area contributed by atoms with Crippen LogP contribution in [0.3, 0.4) is 0 Å². The van der Waals surface area contributed by atoms with E-state index in [9.17, 15) is 9.79 Å². The normalized spacial score (nSPS) is 16.5. The third kappa shape index (κ3) is 8.07. The number of thiol groups is 2. The van der Waals surface area contributed by atoms with Crippen molar-refractivity contribution >= 4 is 45.7 Å². The lowest BCUT2D eigenvalue weighted by Crippen LogP contribution is -2.32. The zero-order valence-corrected chi connectivity index (χ0v) is 21.7. The molecule has 0 aromatic heterocycles. The van der Waals surface area contributed by atoms with Gasteiger partial charge in [-0.15, -0.1) is 0 Å². The van der Waals surface area contributed by atoms with E-state index in [0.29, 0.717) is 11.1 Å². The minimum absolute atomic E-state index is 0.318. The monoisotopic (exact) mass is 454 g/mol. The fourth-order valence-corrected chi connectivity index (χ4v) is 16.6. The van der Waals surface area contributed by atoms with Crippen LogP contribution in [0.1, 0.15) is 33.6 Å². The first-order valence-electron chi connectivity index (χ1n) is 8.67. The van der Waals surface area contributed by atoms with E-state index >= 15 is 0 Å². The SMILES string of the molecule is CC[SH](CCC(C)[SiH](OC)OC)(CCC(C)[SiH](OC)OC)=P(O)(O)S. The molecule has 0 rings (SSSR count). The first-order valence-corrected chi connectivity index (χ1v) is 17.8. The van der Waals surface area contributed by atoms with Crippen molar-refractivity contribution in [2.24, 2.45) is 0 Å². The lowest BCUT2D eigenvalue weighted by Gasteiger charge is -2.37. The van der Waals surface area contributed by atoms with Crippen LogP contribution in [0.2, 0.25) is 11.1 Å². The third-order valence-corrected chi connectivity index (χ3v) is 22.8. The van der Waals surface area contributed by atoms with Crippen LogP contribution in [0.15, 0.2) is 0 Å². The van der Waals surface area contributed by atoms with Crippen molar-refractivity contribution in [3.63, 3.8) is 0 Å². The van der Waals surface area contributed by atoms with E-state index in [1.54, 1.807) is 28.4 Å². The molecule has 2 atom stereocenters. The number of rotatable bonds is 13. The van der Waals surface area contributed by atoms with Gasteiger partial charge in [0.1, 0.15) is 0 Å². The van der Waals surface area contributed by atoms with Gasteiger partial charge in [0.25, 0.3) is 0 Å². The van der Waals surface area contributed by atoms with Crippen LogP contribution in [-0.4, -0.2) is 74.1 Å². The van der Waals surface area contributed by atoms with Gasteiger partial charge in [0.05, 0.1) is 0 Å². The van der Waals surface area contributed by atoms with Gasteiger partial charge in [0.2, 0.25) is 0 Å². The smallest absolute Gasteiger partial charge is 0.323 e. The summed E-state index contributed by atoms with van der Waals surface area (Å²) in [4.78, 5) is 21.1. The Morgan fingerprint density at radius 1 is 0.880 bits per heavy atom. The van der Waals surface area contributed by atoms with Crippen molar-refractivity contribution in [3.8, 4) is 0 Å². The molecule has 0 saturated carbocycles. The summed E-state index contributed by atoms with van der Waals surface area (Å²) in [5.41, 5.74) is -2.55. The van der Waals surface area contributed by atoms with Gasteiger partial charge in [-0.05, 0) is 41.2 Å². The summed E-state index contributed by atoms with van der Waals surface area (Å²) in [5, 5.41) is 0. The Bertz CT molecular complexity index is 409. The molecule has 25 heavy (non-hydrogen) atoms. The molecule has 0 radical (unpaired) electrons. The largest absolute Gasteiger partial charge is 0.400 e. The summed E-state index contributed by atoms with van der Waals surface area (Å²) < 4.78 is 21.9. The molecule has 0 spiro atoms. The van der Waals surface area contributed by atoms with Crippen LogP contribution in [0, 0.1) is 0 Å². The fourth-order valence-electron chi connectivity index (χ4n) is 3.17. The number of hydrogen-bond acceptors (Lipinski definition) is 4. The molecule has 0 saturated heterocycles.